The van der Waals surface area contributed by atoms with Crippen molar-refractivity contribution in [2.45, 2.75) is 0 Å². The Balaban J connectivity index is 0. The van der Waals surface area contributed by atoms with E-state index in [9.17, 15) is 0 Å². The Morgan fingerprint density at radius 3 is 1.25 bits per heavy atom. The van der Waals surface area contributed by atoms with Crippen LogP contribution in [-0.4, -0.2) is 53.6 Å². The van der Waals surface area contributed by atoms with Crippen molar-refractivity contribution < 1.29 is 23.1 Å². The molecule has 0 aliphatic heterocycles. The quantitative estimate of drug-likeness (QED) is 0.253. The first-order valence-corrected chi connectivity index (χ1v) is 0. The van der Waals surface area contributed by atoms with Crippen molar-refractivity contribution in [3.8, 4) is 0 Å². The first-order chi connectivity index (χ1) is 0. The van der Waals surface area contributed by atoms with E-state index >= 15 is 0 Å². The molecule has 4 heavy (non-hydrogen) atoms. The summed E-state index contributed by atoms with van der Waals surface area (Å²) < 4.78 is 0. The van der Waals surface area contributed by atoms with Crippen molar-refractivity contribution in [2.75, 3.05) is 0 Å². The van der Waals surface area contributed by atoms with Gasteiger partial charge in [0.2, 0.25) is 0 Å². The van der Waals surface area contributed by atoms with Crippen molar-refractivity contribution in [3.63, 3.8) is 0 Å². The van der Waals surface area contributed by atoms with E-state index in [1.807, 2.05) is 0 Å². The summed E-state index contributed by atoms with van der Waals surface area (Å²) in [6.07, 6.45) is 0. The van der Waals surface area contributed by atoms with Gasteiger partial charge in [0, 0.05) is 17.4 Å². The van der Waals surface area contributed by atoms with Gasteiger partial charge in [0.05, 0.1) is 0 Å². The standard InChI is InChI=1S/2Al.2Li.8H/q-1;+3;;+1;;;;;;3*-1. The molecule has 0 fully saturated rings. The molecule has 0 aliphatic carbocycles. The molecule has 0 nitrogen and oxygen atoms in total. The molecule has 0 atom stereocenters. The minimum atomic E-state index is 0. The molecule has 0 unspecified atom stereocenters. The van der Waals surface area contributed by atoms with Gasteiger partial charge in [-0.05, 0) is 0 Å². The van der Waals surface area contributed by atoms with Crippen molar-refractivity contribution in [1.29, 1.82) is 0 Å². The van der Waals surface area contributed by atoms with Crippen molar-refractivity contribution >= 4 is 53.6 Å². The zero-order chi connectivity index (χ0) is 0. The number of rotatable bonds is 0. The molecule has 0 aromatic heterocycles. The molecule has 0 amide bonds. The number of hydrogen-bond acceptors (Lipinski definition) is 0. The van der Waals surface area contributed by atoms with E-state index in [-0.39, 0.29) is 76.7 Å². The second-order valence-corrected chi connectivity index (χ2v) is 0. The summed E-state index contributed by atoms with van der Waals surface area (Å²) in [4.78, 5) is 0. The summed E-state index contributed by atoms with van der Waals surface area (Å²) >= 11 is 0. The predicted octanol–water partition coefficient (Wildman–Crippen LogP) is -5.14. The normalized spacial score (nSPS) is 0. The van der Waals surface area contributed by atoms with Crippen LogP contribution in [0.15, 0.2) is 0 Å². The van der Waals surface area contributed by atoms with Gasteiger partial charge in [0.1, 0.15) is 0 Å². The van der Waals surface area contributed by atoms with Crippen LogP contribution in [0.25, 0.3) is 0 Å². The average Bonchev–Trinajstić information content (AvgIpc) is 0. The molecule has 0 saturated heterocycles. The zero-order valence-electron chi connectivity index (χ0n) is 4.58. The third-order valence-corrected chi connectivity index (χ3v) is 0. The zero-order valence-corrected chi connectivity index (χ0v) is 2.73. The Morgan fingerprint density at radius 1 is 1.25 bits per heavy atom. The minimum absolute atomic E-state index is 0. The van der Waals surface area contributed by atoms with Gasteiger partial charge in [-0.1, -0.05) is 0 Å². The molecule has 0 aliphatic rings. The van der Waals surface area contributed by atoms with Gasteiger partial charge in [-0.25, -0.2) is 0 Å². The van der Waals surface area contributed by atoms with Crippen LogP contribution >= 0.6 is 0 Å². The molecule has 0 heterocycles. The molecular formula is H8Al2Li2. The Kier molecular flexibility index (Phi) is 158. The fourth-order valence-electron chi connectivity index (χ4n) is 0. The molecule has 0 spiro atoms. The molecule has 0 radical (unpaired) electrons. The SMILES string of the molecule is [Al+3].[AlH4-].[H-].[H-].[H-].[Li+].[LiH]. The Hall–Kier alpha value is 2.26. The van der Waals surface area contributed by atoms with E-state index in [4.69, 9.17) is 0 Å². The summed E-state index contributed by atoms with van der Waals surface area (Å²) in [5.74, 6) is 0. The van der Waals surface area contributed by atoms with Crippen LogP contribution in [0.5, 0.6) is 0 Å². The van der Waals surface area contributed by atoms with Crippen LogP contribution in [0, 0.1) is 0 Å². The maximum atomic E-state index is 0. The molecule has 0 bridgehead atoms. The van der Waals surface area contributed by atoms with Gasteiger partial charge in [0.15, 0.2) is 0 Å². The third kappa shape index (κ3) is 8.86. The fraction of sp³-hybridized carbons (Fsp3) is 0. The van der Waals surface area contributed by atoms with E-state index in [1.165, 1.54) is 0 Å². The van der Waals surface area contributed by atoms with Crippen molar-refractivity contribution in [1.82, 2.24) is 0 Å². The van der Waals surface area contributed by atoms with E-state index < -0.39 is 0 Å². The maximum absolute atomic E-state index is 0. The first kappa shape index (κ1) is 33.9. The van der Waals surface area contributed by atoms with Gasteiger partial charge >= 0.3 is 55.1 Å². The van der Waals surface area contributed by atoms with Crippen LogP contribution in [0.4, 0.5) is 0 Å². The fourth-order valence-corrected chi connectivity index (χ4v) is 0. The molecule has 0 N–H and O–H groups in total. The average molecular weight is 75.9 g/mol. The molecule has 0 aromatic rings. The predicted molar refractivity (Wildman–Crippen MR) is 27.6 cm³/mol. The summed E-state index contributed by atoms with van der Waals surface area (Å²) in [5.41, 5.74) is 0. The van der Waals surface area contributed by atoms with E-state index in [0.29, 0.717) is 0 Å². The third-order valence-electron chi connectivity index (χ3n) is 0. The molecule has 0 rings (SSSR count). The second-order valence-electron chi connectivity index (χ2n) is 0. The Bertz CT molecular complexity index is 10.9. The Labute approximate surface area is 76.2 Å². The van der Waals surface area contributed by atoms with Gasteiger partial charge < -0.3 is 4.28 Å². The molecule has 0 aromatic carbocycles. The van der Waals surface area contributed by atoms with Crippen molar-refractivity contribution in [3.05, 3.63) is 0 Å². The number of hydrogen-bond donors (Lipinski definition) is 0. The van der Waals surface area contributed by atoms with Crippen LogP contribution in [0.1, 0.15) is 4.28 Å². The van der Waals surface area contributed by atoms with E-state index in [0.717, 1.165) is 0 Å². The molecule has 4 heteroatoms. The van der Waals surface area contributed by atoms with Crippen LogP contribution < -0.4 is 18.9 Å². The van der Waals surface area contributed by atoms with Crippen LogP contribution in [0.2, 0.25) is 0 Å². The Morgan fingerprint density at radius 2 is 1.25 bits per heavy atom. The summed E-state index contributed by atoms with van der Waals surface area (Å²) in [5, 5.41) is 0. The van der Waals surface area contributed by atoms with Gasteiger partial charge in [-0.2, -0.15) is 0 Å². The molecular weight excluding hydrogens is 67.8 g/mol. The van der Waals surface area contributed by atoms with Crippen molar-refractivity contribution in [2.24, 2.45) is 0 Å². The summed E-state index contributed by atoms with van der Waals surface area (Å²) in [6.45, 7) is 0. The van der Waals surface area contributed by atoms with E-state index in [1.54, 1.807) is 0 Å². The first-order valence-electron chi connectivity index (χ1n) is 0. The van der Waals surface area contributed by atoms with Crippen LogP contribution in [0.3, 0.4) is 0 Å². The van der Waals surface area contributed by atoms with Gasteiger partial charge in [-0.15, -0.1) is 0 Å². The van der Waals surface area contributed by atoms with Crippen LogP contribution in [-0.2, 0) is 0 Å². The molecule has 16 valence electrons. The van der Waals surface area contributed by atoms with Gasteiger partial charge in [-0.3, -0.25) is 0 Å². The van der Waals surface area contributed by atoms with Gasteiger partial charge in [0.25, 0.3) is 0 Å². The second kappa shape index (κ2) is 18.7. The topological polar surface area (TPSA) is 0 Å². The summed E-state index contributed by atoms with van der Waals surface area (Å²) in [6, 6.07) is 0. The van der Waals surface area contributed by atoms with E-state index in [2.05, 4.69) is 0 Å². The molecule has 0 saturated carbocycles. The monoisotopic (exact) mass is 76.1 g/mol. The summed E-state index contributed by atoms with van der Waals surface area (Å²) in [7, 11) is 0.